The first-order valence-corrected chi connectivity index (χ1v) is 14.8. The van der Waals surface area contributed by atoms with Crippen molar-refractivity contribution in [2.75, 3.05) is 10.6 Å². The Balaban J connectivity index is 1.59. The summed E-state index contributed by atoms with van der Waals surface area (Å²) in [6.45, 7) is 7.49. The van der Waals surface area contributed by atoms with Gasteiger partial charge in [-0.05, 0) is 68.1 Å². The number of Topliss-reactive ketones (excluding diaryl/α,β-unsaturated/α-hetero) is 1. The van der Waals surface area contributed by atoms with E-state index in [0.717, 1.165) is 22.3 Å². The van der Waals surface area contributed by atoms with Gasteiger partial charge in [0.25, 0.3) is 0 Å². The number of carbonyl (C=O) groups is 3. The summed E-state index contributed by atoms with van der Waals surface area (Å²) in [7, 11) is 0. The molecule has 226 valence electrons. The average Bonchev–Trinajstić information content (AvgIpc) is 2.97. The molecule has 4 atom stereocenters. The van der Waals surface area contributed by atoms with Crippen LogP contribution in [0.1, 0.15) is 47.1 Å². The molecule has 3 N–H and O–H groups in total. The van der Waals surface area contributed by atoms with E-state index in [1.807, 2.05) is 81.4 Å². The number of aliphatic hydroxyl groups is 1. The molecule has 0 saturated heterocycles. The van der Waals surface area contributed by atoms with Gasteiger partial charge >= 0.3 is 0 Å². The third kappa shape index (κ3) is 6.58. The number of rotatable bonds is 8. The fourth-order valence-electron chi connectivity index (χ4n) is 6.16. The molecule has 0 bridgehead atoms. The highest BCUT2D eigenvalue weighted by Crippen LogP contribution is 2.49. The largest absolute Gasteiger partial charge is 0.489 e. The normalized spacial score (nSPS) is 21.4. The van der Waals surface area contributed by atoms with Gasteiger partial charge in [-0.3, -0.25) is 14.4 Å². The first kappa shape index (κ1) is 30.7. The van der Waals surface area contributed by atoms with Gasteiger partial charge in [0.2, 0.25) is 11.8 Å². The van der Waals surface area contributed by atoms with Crippen LogP contribution < -0.4 is 15.4 Å². The van der Waals surface area contributed by atoms with Crippen LogP contribution in [-0.4, -0.2) is 28.3 Å². The van der Waals surface area contributed by atoms with Crippen LogP contribution in [0.3, 0.4) is 0 Å². The molecule has 0 spiro atoms. The molecule has 2 amide bonds. The fraction of sp³-hybridized carbons (Fsp3) is 0.270. The molecule has 0 aliphatic heterocycles. The van der Waals surface area contributed by atoms with Crippen LogP contribution in [0.2, 0.25) is 0 Å². The van der Waals surface area contributed by atoms with Gasteiger partial charge in [-0.1, -0.05) is 84.4 Å². The van der Waals surface area contributed by atoms with E-state index in [1.165, 1.54) is 6.92 Å². The molecule has 44 heavy (non-hydrogen) atoms. The lowest BCUT2D eigenvalue weighted by Gasteiger charge is -2.44. The van der Waals surface area contributed by atoms with Crippen molar-refractivity contribution in [3.63, 3.8) is 0 Å². The molecule has 4 aromatic rings. The number of anilines is 2. The average molecular weight is 591 g/mol. The molecule has 0 heterocycles. The summed E-state index contributed by atoms with van der Waals surface area (Å²) >= 11 is 0. The Morgan fingerprint density at radius 3 is 2.05 bits per heavy atom. The Hall–Kier alpha value is -4.75. The number of ketones is 1. The van der Waals surface area contributed by atoms with Crippen molar-refractivity contribution >= 4 is 29.0 Å². The monoisotopic (exact) mass is 590 g/mol. The summed E-state index contributed by atoms with van der Waals surface area (Å²) in [6.07, 6.45) is -0.354. The quantitative estimate of drug-likeness (QED) is 0.203. The van der Waals surface area contributed by atoms with Crippen molar-refractivity contribution in [2.45, 2.75) is 52.2 Å². The highest BCUT2D eigenvalue weighted by molar-refractivity contribution is 6.10. The topological polar surface area (TPSA) is 105 Å². The molecular formula is C37H38N2O5. The van der Waals surface area contributed by atoms with Crippen molar-refractivity contribution in [1.29, 1.82) is 0 Å². The van der Waals surface area contributed by atoms with Gasteiger partial charge in [0.1, 0.15) is 24.1 Å². The summed E-state index contributed by atoms with van der Waals surface area (Å²) in [5.41, 5.74) is 3.66. The van der Waals surface area contributed by atoms with E-state index >= 15 is 0 Å². The molecular weight excluding hydrogens is 552 g/mol. The number of amides is 2. The number of ether oxygens (including phenoxy) is 1. The molecule has 0 radical (unpaired) electrons. The molecule has 1 saturated carbocycles. The van der Waals surface area contributed by atoms with Gasteiger partial charge in [-0.2, -0.15) is 0 Å². The number of para-hydroxylation sites is 3. The molecule has 5 rings (SSSR count). The minimum atomic E-state index is -1.74. The van der Waals surface area contributed by atoms with Crippen LogP contribution in [0.4, 0.5) is 11.4 Å². The zero-order valence-electron chi connectivity index (χ0n) is 25.5. The second-order valence-corrected chi connectivity index (χ2v) is 11.9. The molecule has 0 aromatic heterocycles. The second-order valence-electron chi connectivity index (χ2n) is 11.9. The summed E-state index contributed by atoms with van der Waals surface area (Å²) in [6, 6.07) is 29.7. The standard InChI is InChI=1S/C37H38N2O5/c1-23-12-11-15-26(20-23)22-44-31-19-10-7-16-27(31)32-33(35(41)38-28-17-8-5-13-24(28)2)30(40)21-37(4,43)34(32)36(42)39-29-18-9-6-14-25(29)3/h5-20,32-34,43H,21-22H2,1-4H3,(H,38,41)(H,39,42). The maximum Gasteiger partial charge on any atom is 0.235 e. The number of aryl methyl sites for hydroxylation is 3. The number of hydrogen-bond acceptors (Lipinski definition) is 5. The smallest absolute Gasteiger partial charge is 0.235 e. The Labute approximate surface area is 258 Å². The number of benzene rings is 4. The van der Waals surface area contributed by atoms with Gasteiger partial charge in [0.15, 0.2) is 0 Å². The van der Waals surface area contributed by atoms with Crippen LogP contribution >= 0.6 is 0 Å². The molecule has 1 fully saturated rings. The van der Waals surface area contributed by atoms with Crippen LogP contribution in [0.25, 0.3) is 0 Å². The van der Waals surface area contributed by atoms with E-state index in [-0.39, 0.29) is 13.0 Å². The first-order chi connectivity index (χ1) is 21.0. The maximum absolute atomic E-state index is 14.2. The first-order valence-electron chi connectivity index (χ1n) is 14.8. The van der Waals surface area contributed by atoms with Crippen LogP contribution in [0.5, 0.6) is 5.75 Å². The van der Waals surface area contributed by atoms with Gasteiger partial charge < -0.3 is 20.5 Å². The van der Waals surface area contributed by atoms with E-state index in [4.69, 9.17) is 4.74 Å². The SMILES string of the molecule is Cc1cccc(COc2ccccc2C2C(C(=O)Nc3ccccc3C)C(=O)CC(C)(O)C2C(=O)Nc2ccccc2C)c1. The van der Waals surface area contributed by atoms with E-state index in [2.05, 4.69) is 10.6 Å². The lowest BCUT2D eigenvalue weighted by Crippen LogP contribution is -2.56. The summed E-state index contributed by atoms with van der Waals surface area (Å²) < 4.78 is 6.31. The Bertz CT molecular complexity index is 1690. The summed E-state index contributed by atoms with van der Waals surface area (Å²) in [5, 5.41) is 17.7. The third-order valence-corrected chi connectivity index (χ3v) is 8.39. The third-order valence-electron chi connectivity index (χ3n) is 8.39. The van der Waals surface area contributed by atoms with E-state index in [1.54, 1.807) is 36.4 Å². The van der Waals surface area contributed by atoms with Crippen molar-refractivity contribution in [3.8, 4) is 5.75 Å². The molecule has 1 aliphatic rings. The Morgan fingerprint density at radius 2 is 1.41 bits per heavy atom. The Morgan fingerprint density at radius 1 is 0.818 bits per heavy atom. The fourth-order valence-corrected chi connectivity index (χ4v) is 6.16. The van der Waals surface area contributed by atoms with Gasteiger partial charge in [-0.15, -0.1) is 0 Å². The van der Waals surface area contributed by atoms with Gasteiger partial charge in [0.05, 0.1) is 11.5 Å². The molecule has 4 unspecified atom stereocenters. The molecule has 1 aliphatic carbocycles. The predicted molar refractivity (Wildman–Crippen MR) is 172 cm³/mol. The summed E-state index contributed by atoms with van der Waals surface area (Å²) in [4.78, 5) is 42.1. The Kier molecular flexibility index (Phi) is 8.97. The van der Waals surface area contributed by atoms with Crippen molar-refractivity contribution in [3.05, 3.63) is 125 Å². The van der Waals surface area contributed by atoms with E-state index in [0.29, 0.717) is 22.7 Å². The summed E-state index contributed by atoms with van der Waals surface area (Å²) in [5.74, 6) is -4.46. The number of nitrogens with one attached hydrogen (secondary N) is 2. The highest BCUT2D eigenvalue weighted by Gasteiger charge is 2.56. The maximum atomic E-state index is 14.2. The molecule has 7 nitrogen and oxygen atoms in total. The van der Waals surface area contributed by atoms with E-state index < -0.39 is 41.0 Å². The van der Waals surface area contributed by atoms with Crippen molar-refractivity contribution < 1.29 is 24.2 Å². The lowest BCUT2D eigenvalue weighted by molar-refractivity contribution is -0.150. The van der Waals surface area contributed by atoms with Gasteiger partial charge in [-0.25, -0.2) is 0 Å². The van der Waals surface area contributed by atoms with Crippen LogP contribution in [0, 0.1) is 32.6 Å². The minimum Gasteiger partial charge on any atom is -0.489 e. The number of hydrogen-bond donors (Lipinski definition) is 3. The zero-order valence-corrected chi connectivity index (χ0v) is 25.5. The van der Waals surface area contributed by atoms with Crippen LogP contribution in [0.15, 0.2) is 97.1 Å². The predicted octanol–water partition coefficient (Wildman–Crippen LogP) is 6.51. The van der Waals surface area contributed by atoms with Crippen LogP contribution in [-0.2, 0) is 21.0 Å². The minimum absolute atomic E-state index is 0.246. The van der Waals surface area contributed by atoms with Gasteiger partial charge in [0, 0.05) is 23.7 Å². The van der Waals surface area contributed by atoms with Crippen molar-refractivity contribution in [2.24, 2.45) is 11.8 Å². The second kappa shape index (κ2) is 12.9. The van der Waals surface area contributed by atoms with Crippen molar-refractivity contribution in [1.82, 2.24) is 0 Å². The van der Waals surface area contributed by atoms with E-state index in [9.17, 15) is 19.5 Å². The number of carbonyl (C=O) groups excluding carboxylic acids is 3. The lowest BCUT2D eigenvalue weighted by atomic mass is 9.61. The molecule has 4 aromatic carbocycles. The molecule has 7 heteroatoms. The zero-order chi connectivity index (χ0) is 31.4. The highest BCUT2D eigenvalue weighted by atomic mass is 16.5.